The number of hydrogen-bond donors (Lipinski definition) is 2. The summed E-state index contributed by atoms with van der Waals surface area (Å²) in [5, 5.41) is 6.78. The summed E-state index contributed by atoms with van der Waals surface area (Å²) in [6, 6.07) is 14.1. The third-order valence-corrected chi connectivity index (χ3v) is 5.82. The summed E-state index contributed by atoms with van der Waals surface area (Å²) >= 11 is 1.64. The number of carbonyl (C=O) groups excluding carboxylic acids is 1. The summed E-state index contributed by atoms with van der Waals surface area (Å²) < 4.78 is 14.1. The van der Waals surface area contributed by atoms with Gasteiger partial charge < -0.3 is 10.6 Å². The van der Waals surface area contributed by atoms with Crippen molar-refractivity contribution >= 4 is 34.2 Å². The maximum absolute atomic E-state index is 14.1. The summed E-state index contributed by atoms with van der Waals surface area (Å²) in [5.74, 6) is 0.0299. The zero-order chi connectivity index (χ0) is 21.1. The fourth-order valence-corrected chi connectivity index (χ4v) is 4.09. The van der Waals surface area contributed by atoms with Gasteiger partial charge >= 0.3 is 0 Å². The maximum Gasteiger partial charge on any atom is 0.255 e. The number of aromatic nitrogens is 1. The predicted molar refractivity (Wildman–Crippen MR) is 121 cm³/mol. The lowest BCUT2D eigenvalue weighted by atomic mass is 10.1. The van der Waals surface area contributed by atoms with E-state index in [1.54, 1.807) is 55.3 Å². The van der Waals surface area contributed by atoms with E-state index < -0.39 is 5.82 Å². The van der Waals surface area contributed by atoms with Crippen LogP contribution in [0.25, 0.3) is 0 Å². The van der Waals surface area contributed by atoms with Crippen LogP contribution in [0.3, 0.4) is 0 Å². The molecular weight excluding hydrogens is 399 g/mol. The molecule has 0 saturated heterocycles. The molecule has 1 atom stereocenters. The van der Waals surface area contributed by atoms with Crippen LogP contribution in [0.1, 0.15) is 33.1 Å². The molecule has 30 heavy (non-hydrogen) atoms. The van der Waals surface area contributed by atoms with Crippen LogP contribution >= 0.6 is 11.8 Å². The molecule has 2 aromatic carbocycles. The lowest BCUT2D eigenvalue weighted by molar-refractivity contribution is 0.102. The monoisotopic (exact) mass is 420 g/mol. The smallest absolute Gasteiger partial charge is 0.255 e. The molecule has 2 N–H and O–H groups in total. The van der Waals surface area contributed by atoms with Crippen LogP contribution in [0.5, 0.6) is 0 Å². The second kappa shape index (κ2) is 8.67. The number of nitrogens with zero attached hydrogens (tertiary/aromatic N) is 2. The first kappa shape index (κ1) is 20.1. The topological polar surface area (TPSA) is 66.4 Å². The predicted octanol–water partition coefficient (Wildman–Crippen LogP) is 5.35. The van der Waals surface area contributed by atoms with Crippen molar-refractivity contribution in [1.29, 1.82) is 0 Å². The first-order valence-corrected chi connectivity index (χ1v) is 10.5. The van der Waals surface area contributed by atoms with Crippen molar-refractivity contribution in [2.45, 2.75) is 19.9 Å². The number of halogens is 1. The number of aryl methyl sites for hydroxylation is 2. The molecule has 0 spiro atoms. The van der Waals surface area contributed by atoms with Crippen molar-refractivity contribution in [3.63, 3.8) is 0 Å². The fourth-order valence-electron chi connectivity index (χ4n) is 3.13. The Hall–Kier alpha value is -3.19. The van der Waals surface area contributed by atoms with E-state index in [9.17, 15) is 9.18 Å². The molecule has 1 aliphatic heterocycles. The van der Waals surface area contributed by atoms with Gasteiger partial charge in [-0.3, -0.25) is 14.8 Å². The number of nitrogens with one attached hydrogen (secondary N) is 2. The number of aliphatic imine (C=N–C) groups is 1. The number of thioether (sulfide) groups is 1. The average molecular weight is 421 g/mol. The van der Waals surface area contributed by atoms with Gasteiger partial charge in [-0.25, -0.2) is 4.39 Å². The highest BCUT2D eigenvalue weighted by molar-refractivity contribution is 8.14. The standard InChI is InChI=1S/C23H21FN4OS/c1-14-3-6-19(18(24)11-14)26-22(29)17-5-4-15(2)20(12-17)27-23-28-21(13-30-23)16-7-9-25-10-8-16/h3-12,21H,13H2,1-2H3,(H,26,29)(H,27,28). The highest BCUT2D eigenvalue weighted by Gasteiger charge is 2.21. The van der Waals surface area contributed by atoms with E-state index >= 15 is 0 Å². The van der Waals surface area contributed by atoms with Gasteiger partial charge in [0.2, 0.25) is 0 Å². The lowest BCUT2D eigenvalue weighted by Gasteiger charge is -2.12. The van der Waals surface area contributed by atoms with Gasteiger partial charge in [0.1, 0.15) is 5.82 Å². The number of benzene rings is 2. The molecule has 0 fully saturated rings. The van der Waals surface area contributed by atoms with Crippen LogP contribution in [-0.4, -0.2) is 21.8 Å². The number of pyridine rings is 1. The zero-order valence-corrected chi connectivity index (χ0v) is 17.5. The number of amides is 1. The molecule has 152 valence electrons. The minimum absolute atomic E-state index is 0.0804. The van der Waals surface area contributed by atoms with Gasteiger partial charge in [0.25, 0.3) is 5.91 Å². The Balaban J connectivity index is 1.50. The molecule has 0 saturated carbocycles. The Labute approximate surface area is 178 Å². The highest BCUT2D eigenvalue weighted by atomic mass is 32.2. The summed E-state index contributed by atoms with van der Waals surface area (Å²) in [7, 11) is 0. The van der Waals surface area contributed by atoms with Crippen LogP contribution in [-0.2, 0) is 0 Å². The molecule has 0 radical (unpaired) electrons. The largest absolute Gasteiger partial charge is 0.335 e. The molecule has 1 aromatic heterocycles. The summed E-state index contributed by atoms with van der Waals surface area (Å²) in [4.78, 5) is 21.4. The van der Waals surface area contributed by atoms with Crippen LogP contribution < -0.4 is 10.6 Å². The molecule has 0 bridgehead atoms. The Morgan fingerprint density at radius 2 is 1.87 bits per heavy atom. The van der Waals surface area contributed by atoms with Gasteiger partial charge in [-0.2, -0.15) is 0 Å². The molecule has 4 rings (SSSR count). The quantitative estimate of drug-likeness (QED) is 0.597. The van der Waals surface area contributed by atoms with Crippen molar-refractivity contribution in [1.82, 2.24) is 4.98 Å². The molecular formula is C23H21FN4OS. The molecule has 2 heterocycles. The fraction of sp³-hybridized carbons (Fsp3) is 0.174. The summed E-state index contributed by atoms with van der Waals surface area (Å²) in [6.07, 6.45) is 3.54. The normalized spacial score (nSPS) is 15.6. The average Bonchev–Trinajstić information content (AvgIpc) is 3.21. The molecule has 1 unspecified atom stereocenters. The first-order valence-electron chi connectivity index (χ1n) is 9.55. The SMILES string of the molecule is Cc1ccc(NC(=O)c2ccc(C)c(NC3=NC(c4ccncc4)CS3)c2)c(F)c1. The number of anilines is 2. The number of rotatable bonds is 4. The van der Waals surface area contributed by atoms with E-state index in [0.717, 1.165) is 33.3 Å². The lowest BCUT2D eigenvalue weighted by Crippen LogP contribution is -2.14. The third kappa shape index (κ3) is 4.52. The Morgan fingerprint density at radius 3 is 2.63 bits per heavy atom. The van der Waals surface area contributed by atoms with Crippen LogP contribution in [0.15, 0.2) is 65.9 Å². The molecule has 7 heteroatoms. The van der Waals surface area contributed by atoms with Crippen molar-refractivity contribution in [2.24, 2.45) is 4.99 Å². The van der Waals surface area contributed by atoms with E-state index in [4.69, 9.17) is 4.99 Å². The Kier molecular flexibility index (Phi) is 5.81. The van der Waals surface area contributed by atoms with E-state index in [-0.39, 0.29) is 17.6 Å². The van der Waals surface area contributed by atoms with Crippen molar-refractivity contribution in [3.05, 3.63) is 89.0 Å². The Bertz CT molecular complexity index is 1120. The molecule has 1 aliphatic rings. The maximum atomic E-state index is 14.1. The van der Waals surface area contributed by atoms with Crippen LogP contribution in [0, 0.1) is 19.7 Å². The minimum atomic E-state index is -0.451. The number of hydrogen-bond acceptors (Lipinski definition) is 5. The molecule has 5 nitrogen and oxygen atoms in total. The van der Waals surface area contributed by atoms with E-state index in [1.807, 2.05) is 25.1 Å². The second-order valence-corrected chi connectivity index (χ2v) is 8.14. The van der Waals surface area contributed by atoms with Crippen molar-refractivity contribution in [2.75, 3.05) is 16.4 Å². The van der Waals surface area contributed by atoms with E-state index in [2.05, 4.69) is 15.6 Å². The minimum Gasteiger partial charge on any atom is -0.335 e. The molecule has 1 amide bonds. The zero-order valence-electron chi connectivity index (χ0n) is 16.6. The summed E-state index contributed by atoms with van der Waals surface area (Å²) in [5.41, 5.74) is 4.32. The number of amidine groups is 1. The van der Waals surface area contributed by atoms with E-state index in [0.29, 0.717) is 5.56 Å². The highest BCUT2D eigenvalue weighted by Crippen LogP contribution is 2.31. The van der Waals surface area contributed by atoms with Gasteiger partial charge in [-0.05, 0) is 66.9 Å². The van der Waals surface area contributed by atoms with Gasteiger partial charge in [-0.1, -0.05) is 23.9 Å². The van der Waals surface area contributed by atoms with Crippen molar-refractivity contribution < 1.29 is 9.18 Å². The number of carbonyl (C=O) groups is 1. The van der Waals surface area contributed by atoms with Crippen LogP contribution in [0.4, 0.5) is 15.8 Å². The van der Waals surface area contributed by atoms with Crippen molar-refractivity contribution in [3.8, 4) is 0 Å². The summed E-state index contributed by atoms with van der Waals surface area (Å²) in [6.45, 7) is 3.76. The Morgan fingerprint density at radius 1 is 1.07 bits per heavy atom. The van der Waals surface area contributed by atoms with Gasteiger partial charge in [0.05, 0.1) is 11.7 Å². The molecule has 0 aliphatic carbocycles. The first-order chi connectivity index (χ1) is 14.5. The second-order valence-electron chi connectivity index (χ2n) is 7.13. The van der Waals surface area contributed by atoms with Gasteiger partial charge in [0.15, 0.2) is 5.17 Å². The third-order valence-electron chi connectivity index (χ3n) is 4.86. The molecule has 3 aromatic rings. The van der Waals surface area contributed by atoms with Gasteiger partial charge in [-0.15, -0.1) is 0 Å². The van der Waals surface area contributed by atoms with Crippen LogP contribution in [0.2, 0.25) is 0 Å². The van der Waals surface area contributed by atoms with E-state index in [1.165, 1.54) is 6.07 Å². The van der Waals surface area contributed by atoms with Gasteiger partial charge in [0, 0.05) is 29.4 Å².